The first kappa shape index (κ1) is 29.8. The number of hydrogen-bond acceptors (Lipinski definition) is 5. The van der Waals surface area contributed by atoms with Crippen LogP contribution in [0.2, 0.25) is 0 Å². The van der Waals surface area contributed by atoms with Gasteiger partial charge in [-0.25, -0.2) is 0 Å². The molecule has 0 amide bonds. The van der Waals surface area contributed by atoms with Gasteiger partial charge in [-0.05, 0) is 91.7 Å². The summed E-state index contributed by atoms with van der Waals surface area (Å²) in [5, 5.41) is 20.6. The molecular formula is C31H53N3O3S. The Bertz CT molecular complexity index is 911. The predicted octanol–water partition coefficient (Wildman–Crippen LogP) is 6.07. The lowest BCUT2D eigenvalue weighted by molar-refractivity contribution is -0.170. The van der Waals surface area contributed by atoms with Gasteiger partial charge in [-0.15, -0.1) is 0 Å². The van der Waals surface area contributed by atoms with Crippen LogP contribution in [0.5, 0.6) is 0 Å². The molecule has 3 N–H and O–H groups in total. The minimum Gasteiger partial charge on any atom is -0.462 e. The highest BCUT2D eigenvalue weighted by molar-refractivity contribution is 7.80. The van der Waals surface area contributed by atoms with E-state index in [0.717, 1.165) is 37.0 Å². The molecule has 0 bridgehead atoms. The molecule has 0 aromatic rings. The zero-order valence-electron chi connectivity index (χ0n) is 24.9. The number of carbonyl (C=O) groups is 1. The molecule has 0 spiro atoms. The Hall–Kier alpha value is -1.21. The van der Waals surface area contributed by atoms with Crippen LogP contribution >= 0.6 is 12.2 Å². The summed E-state index contributed by atoms with van der Waals surface area (Å²) in [7, 11) is 1.78. The lowest BCUT2D eigenvalue weighted by Gasteiger charge is -2.52. The number of aliphatic hydroxyl groups is 1. The number of thiocarbonyl (C=S) groups is 1. The van der Waals surface area contributed by atoms with E-state index < -0.39 is 5.60 Å². The maximum Gasteiger partial charge on any atom is 0.302 e. The third-order valence-electron chi connectivity index (χ3n) is 11.8. The van der Waals surface area contributed by atoms with Crippen molar-refractivity contribution in [3.63, 3.8) is 0 Å². The van der Waals surface area contributed by atoms with Crippen molar-refractivity contribution >= 4 is 29.5 Å². The lowest BCUT2D eigenvalue weighted by Crippen LogP contribution is -2.55. The minimum atomic E-state index is -0.959. The summed E-state index contributed by atoms with van der Waals surface area (Å²) in [5.41, 5.74) is 2.07. The normalized spacial score (nSPS) is 42.9. The molecule has 0 aromatic carbocycles. The quantitative estimate of drug-likeness (QED) is 0.148. The second-order valence-electron chi connectivity index (χ2n) is 14.1. The Labute approximate surface area is 236 Å². The van der Waals surface area contributed by atoms with Crippen LogP contribution in [0.15, 0.2) is 5.10 Å². The highest BCUT2D eigenvalue weighted by Crippen LogP contribution is 2.73. The van der Waals surface area contributed by atoms with Crippen molar-refractivity contribution in [2.75, 3.05) is 7.05 Å². The maximum absolute atomic E-state index is 12.7. The topological polar surface area (TPSA) is 83.0 Å². The van der Waals surface area contributed by atoms with Crippen LogP contribution in [0.3, 0.4) is 0 Å². The number of nitrogens with one attached hydrogen (secondary N) is 2. The van der Waals surface area contributed by atoms with E-state index >= 15 is 0 Å². The molecule has 4 aliphatic carbocycles. The third kappa shape index (κ3) is 5.15. The van der Waals surface area contributed by atoms with Gasteiger partial charge in [0.1, 0.15) is 6.10 Å². The summed E-state index contributed by atoms with van der Waals surface area (Å²) < 4.78 is 5.69. The molecule has 4 fully saturated rings. The van der Waals surface area contributed by atoms with Crippen LogP contribution in [0.4, 0.5) is 0 Å². The molecule has 5 unspecified atom stereocenters. The van der Waals surface area contributed by atoms with Crippen molar-refractivity contribution in [3.05, 3.63) is 0 Å². The van der Waals surface area contributed by atoms with Gasteiger partial charge in [0.2, 0.25) is 0 Å². The summed E-state index contributed by atoms with van der Waals surface area (Å²) in [6, 6.07) is 0. The molecule has 0 saturated heterocycles. The molecule has 7 heteroatoms. The first-order valence-electron chi connectivity index (χ1n) is 15.3. The van der Waals surface area contributed by atoms with Crippen LogP contribution in [-0.4, -0.2) is 41.2 Å². The second-order valence-corrected chi connectivity index (χ2v) is 14.5. The molecule has 0 aromatic heterocycles. The van der Waals surface area contributed by atoms with E-state index in [9.17, 15) is 9.90 Å². The van der Waals surface area contributed by atoms with Crippen LogP contribution in [-0.2, 0) is 9.53 Å². The smallest absolute Gasteiger partial charge is 0.302 e. The summed E-state index contributed by atoms with van der Waals surface area (Å²) in [6.45, 7) is 13.5. The van der Waals surface area contributed by atoms with Gasteiger partial charge in [0.05, 0.1) is 5.60 Å². The molecule has 0 heterocycles. The van der Waals surface area contributed by atoms with Crippen LogP contribution in [0, 0.1) is 52.3 Å². The molecule has 0 radical (unpaired) electrons. The van der Waals surface area contributed by atoms with E-state index in [4.69, 9.17) is 17.0 Å². The van der Waals surface area contributed by atoms with Gasteiger partial charge in [0.15, 0.2) is 5.11 Å². The molecular weight excluding hydrogens is 494 g/mol. The van der Waals surface area contributed by atoms with E-state index in [0.29, 0.717) is 34.7 Å². The Morgan fingerprint density at radius 1 is 1.13 bits per heavy atom. The standard InChI is InChI=1S/C31H53N3O3S/c1-19(2)9-8-10-20(3)23-11-12-24-27-25(14-15-29(23,24)5)30(6)16-13-22(37-21(4)35)17-31(30,36)26(27)18-33-34-28(38)32-7/h18-20,22-27,36H,8-17H2,1-7H3,(H2,32,34,38)/b33-18+/t20-,22+,23-,24?,25?,26?,27?,29-,30-,31?/m1/s1. The molecule has 4 aliphatic rings. The molecule has 0 aliphatic heterocycles. The van der Waals surface area contributed by atoms with E-state index in [1.807, 2.05) is 6.21 Å². The summed E-state index contributed by atoms with van der Waals surface area (Å²) in [4.78, 5) is 11.8. The summed E-state index contributed by atoms with van der Waals surface area (Å²) in [6.07, 6.45) is 12.8. The highest BCUT2D eigenvalue weighted by atomic mass is 32.1. The predicted molar refractivity (Wildman–Crippen MR) is 158 cm³/mol. The Kier molecular flexibility index (Phi) is 8.89. The Morgan fingerprint density at radius 2 is 1.87 bits per heavy atom. The first-order chi connectivity index (χ1) is 17.9. The van der Waals surface area contributed by atoms with Crippen molar-refractivity contribution in [1.29, 1.82) is 0 Å². The monoisotopic (exact) mass is 547 g/mol. The van der Waals surface area contributed by atoms with Crippen molar-refractivity contribution in [3.8, 4) is 0 Å². The number of hydrogen-bond donors (Lipinski definition) is 3. The largest absolute Gasteiger partial charge is 0.462 e. The van der Waals surface area contributed by atoms with Crippen LogP contribution < -0.4 is 10.7 Å². The average Bonchev–Trinajstić information content (AvgIpc) is 3.28. The lowest BCUT2D eigenvalue weighted by atomic mass is 9.53. The Balaban J connectivity index is 1.65. The fourth-order valence-electron chi connectivity index (χ4n) is 9.95. The van der Waals surface area contributed by atoms with Crippen LogP contribution in [0.1, 0.15) is 106 Å². The number of rotatable bonds is 8. The summed E-state index contributed by atoms with van der Waals surface area (Å²) >= 11 is 5.27. The fourth-order valence-corrected chi connectivity index (χ4v) is 10.0. The van der Waals surface area contributed by atoms with Gasteiger partial charge in [-0.2, -0.15) is 5.10 Å². The van der Waals surface area contributed by atoms with Gasteiger partial charge >= 0.3 is 5.97 Å². The SMILES string of the molecule is CNC(=S)N/N=C/C1C2C3CC[C@H]([C@H](C)CCCC(C)C)[C@@]3(C)CCC2[C@@]2(C)CC[C@H](OC(C)=O)CC12O. The highest BCUT2D eigenvalue weighted by Gasteiger charge is 2.72. The average molecular weight is 548 g/mol. The number of fused-ring (bicyclic) bond motifs is 5. The van der Waals surface area contributed by atoms with E-state index in [1.165, 1.54) is 45.4 Å². The number of nitrogens with zero attached hydrogens (tertiary/aromatic N) is 1. The molecule has 6 nitrogen and oxygen atoms in total. The van der Waals surface area contributed by atoms with Gasteiger partial charge in [0.25, 0.3) is 0 Å². The van der Waals surface area contributed by atoms with Crippen LogP contribution in [0.25, 0.3) is 0 Å². The molecule has 10 atom stereocenters. The maximum atomic E-state index is 12.7. The molecule has 38 heavy (non-hydrogen) atoms. The zero-order chi connectivity index (χ0) is 27.9. The molecule has 216 valence electrons. The number of hydrazone groups is 1. The second kappa shape index (κ2) is 11.3. The van der Waals surface area contributed by atoms with Gasteiger partial charge < -0.3 is 15.2 Å². The van der Waals surface area contributed by atoms with Crippen molar-refractivity contribution in [1.82, 2.24) is 10.7 Å². The minimum absolute atomic E-state index is 0.0948. The first-order valence-corrected chi connectivity index (χ1v) is 15.7. The Morgan fingerprint density at radius 3 is 2.53 bits per heavy atom. The van der Waals surface area contributed by atoms with Crippen molar-refractivity contribution < 1.29 is 14.6 Å². The van der Waals surface area contributed by atoms with Crippen molar-refractivity contribution in [2.45, 2.75) is 117 Å². The van der Waals surface area contributed by atoms with Crippen molar-refractivity contribution in [2.24, 2.45) is 57.4 Å². The van der Waals surface area contributed by atoms with E-state index in [2.05, 4.69) is 50.5 Å². The van der Waals surface area contributed by atoms with E-state index in [1.54, 1.807) is 7.05 Å². The van der Waals surface area contributed by atoms with E-state index in [-0.39, 0.29) is 23.4 Å². The number of ether oxygens (including phenoxy) is 1. The van der Waals surface area contributed by atoms with Gasteiger partial charge in [-0.1, -0.05) is 53.9 Å². The molecule has 4 rings (SSSR count). The summed E-state index contributed by atoms with van der Waals surface area (Å²) in [5.74, 6) is 3.29. The number of carbonyl (C=O) groups excluding carboxylic acids is 1. The zero-order valence-corrected chi connectivity index (χ0v) is 25.7. The number of esters is 1. The fraction of sp³-hybridized carbons (Fsp3) is 0.903. The molecule has 4 saturated carbocycles. The van der Waals surface area contributed by atoms with Gasteiger partial charge in [-0.3, -0.25) is 10.2 Å². The third-order valence-corrected chi connectivity index (χ3v) is 12.1. The van der Waals surface area contributed by atoms with Gasteiger partial charge in [0, 0.05) is 37.9 Å².